The van der Waals surface area contributed by atoms with Crippen molar-refractivity contribution in [3.63, 3.8) is 0 Å². The second-order valence-corrected chi connectivity index (χ2v) is 13.0. The second kappa shape index (κ2) is 17.9. The number of nitrogens with one attached hydrogen (secondary N) is 2. The quantitative estimate of drug-likeness (QED) is 0.439. The normalized spacial score (nSPS) is 25.4. The van der Waals surface area contributed by atoms with Crippen LogP contribution in [0, 0.1) is 17.7 Å². The van der Waals surface area contributed by atoms with Gasteiger partial charge < -0.3 is 39.5 Å². The first-order chi connectivity index (χ1) is 22.9. The number of piperidine rings is 2. The number of fused-ring (bicyclic) bond motifs is 15. The SMILES string of the molecule is O=C1CN(C2CCN(C(=O)c3ccc(F)cc3)CC2)C(=O)C[C@@H]2CCN(C[C@@H]2CCNC2CCOCC2)C(=O)COCCOCCN1. The molecular formula is C34H50FN5O7. The zero-order chi connectivity index (χ0) is 33.0. The zero-order valence-electron chi connectivity index (χ0n) is 27.3. The molecule has 5 fully saturated rings. The maximum absolute atomic E-state index is 14.1. The summed E-state index contributed by atoms with van der Waals surface area (Å²) in [6, 6.07) is 5.74. The molecule has 2 N–H and O–H groups in total. The van der Waals surface area contributed by atoms with E-state index < -0.39 is 5.82 Å². The van der Waals surface area contributed by atoms with E-state index in [0.29, 0.717) is 89.8 Å². The lowest BCUT2D eigenvalue weighted by Gasteiger charge is -2.41. The molecule has 47 heavy (non-hydrogen) atoms. The van der Waals surface area contributed by atoms with Crippen molar-refractivity contribution in [2.24, 2.45) is 11.8 Å². The van der Waals surface area contributed by atoms with Gasteiger partial charge in [0.1, 0.15) is 12.4 Å². The van der Waals surface area contributed by atoms with Crippen molar-refractivity contribution in [1.82, 2.24) is 25.3 Å². The molecule has 260 valence electrons. The monoisotopic (exact) mass is 659 g/mol. The standard InChI is InChI=1S/C34H50FN5O7/c35-28-3-1-25(2-4-28)34(44)38-14-7-30(8-15-38)40-23-31(41)37-12-18-46-19-20-47-24-33(43)39-13-6-26(21-32(40)42)27(22-39)5-11-36-29-9-16-45-17-10-29/h1-4,26-27,29-30,36H,5-24H2,(H,37,41)/t26-,27-/m0/s1. The molecule has 0 spiro atoms. The Morgan fingerprint density at radius 2 is 1.60 bits per heavy atom. The number of rotatable bonds is 6. The van der Waals surface area contributed by atoms with Crippen molar-refractivity contribution in [1.29, 1.82) is 0 Å². The van der Waals surface area contributed by atoms with Gasteiger partial charge in [-0.2, -0.15) is 0 Å². The number of amides is 4. The first kappa shape index (κ1) is 35.2. The van der Waals surface area contributed by atoms with Crippen LogP contribution in [0.25, 0.3) is 0 Å². The van der Waals surface area contributed by atoms with Gasteiger partial charge in [0.15, 0.2) is 0 Å². The topological polar surface area (TPSA) is 130 Å². The molecule has 6 rings (SSSR count). The minimum Gasteiger partial charge on any atom is -0.381 e. The zero-order valence-corrected chi connectivity index (χ0v) is 27.3. The van der Waals surface area contributed by atoms with Crippen LogP contribution in [-0.4, -0.2) is 136 Å². The minimum absolute atomic E-state index is 0.00707. The van der Waals surface area contributed by atoms with E-state index in [1.165, 1.54) is 24.3 Å². The lowest BCUT2D eigenvalue weighted by atomic mass is 9.80. The Morgan fingerprint density at radius 1 is 0.872 bits per heavy atom. The summed E-state index contributed by atoms with van der Waals surface area (Å²) < 4.78 is 30.0. The van der Waals surface area contributed by atoms with Gasteiger partial charge in [-0.15, -0.1) is 0 Å². The third kappa shape index (κ3) is 10.4. The first-order valence-corrected chi connectivity index (χ1v) is 17.2. The maximum Gasteiger partial charge on any atom is 0.253 e. The van der Waals surface area contributed by atoms with Gasteiger partial charge in [0.2, 0.25) is 17.7 Å². The van der Waals surface area contributed by atoms with Crippen LogP contribution in [0.1, 0.15) is 55.3 Å². The molecular weight excluding hydrogens is 609 g/mol. The van der Waals surface area contributed by atoms with Crippen molar-refractivity contribution in [2.75, 3.05) is 85.5 Å². The number of ether oxygens (including phenoxy) is 3. The largest absolute Gasteiger partial charge is 0.381 e. The Hall–Kier alpha value is -3.13. The average molecular weight is 660 g/mol. The van der Waals surface area contributed by atoms with E-state index in [4.69, 9.17) is 14.2 Å². The van der Waals surface area contributed by atoms with Crippen LogP contribution in [0.4, 0.5) is 4.39 Å². The van der Waals surface area contributed by atoms with E-state index in [9.17, 15) is 23.6 Å². The van der Waals surface area contributed by atoms with Crippen molar-refractivity contribution in [3.05, 3.63) is 35.6 Å². The molecule has 0 saturated carbocycles. The van der Waals surface area contributed by atoms with Crippen LogP contribution < -0.4 is 10.6 Å². The molecule has 0 aromatic heterocycles. The van der Waals surface area contributed by atoms with Gasteiger partial charge in [0.05, 0.1) is 26.4 Å². The smallest absolute Gasteiger partial charge is 0.253 e. The highest BCUT2D eigenvalue weighted by atomic mass is 19.1. The number of nitrogens with zero attached hydrogens (tertiary/aromatic N) is 3. The number of halogens is 1. The van der Waals surface area contributed by atoms with E-state index in [-0.39, 0.29) is 54.7 Å². The van der Waals surface area contributed by atoms with Crippen LogP contribution in [-0.2, 0) is 28.6 Å². The number of carbonyl (C=O) groups is 4. The Balaban J connectivity index is 1.26. The predicted molar refractivity (Wildman–Crippen MR) is 171 cm³/mol. The van der Waals surface area contributed by atoms with Crippen LogP contribution in [0.3, 0.4) is 0 Å². The number of likely N-dealkylation sites (tertiary alicyclic amines) is 1. The molecule has 0 unspecified atom stereocenters. The Labute approximate surface area is 276 Å². The summed E-state index contributed by atoms with van der Waals surface area (Å²) in [5.74, 6) is -0.742. The van der Waals surface area contributed by atoms with E-state index >= 15 is 0 Å². The van der Waals surface area contributed by atoms with Crippen molar-refractivity contribution in [2.45, 2.75) is 57.0 Å². The molecule has 12 nitrogen and oxygen atoms in total. The Bertz CT molecular complexity index is 1190. The fourth-order valence-corrected chi connectivity index (χ4v) is 7.14. The maximum atomic E-state index is 14.1. The van der Waals surface area contributed by atoms with E-state index in [1.54, 1.807) is 9.80 Å². The minimum atomic E-state index is -0.397. The molecule has 0 aliphatic carbocycles. The summed E-state index contributed by atoms with van der Waals surface area (Å²) in [5, 5.41) is 6.52. The highest BCUT2D eigenvalue weighted by Crippen LogP contribution is 2.31. The fraction of sp³-hybridized carbons (Fsp3) is 0.706. The van der Waals surface area contributed by atoms with Crippen LogP contribution >= 0.6 is 0 Å². The van der Waals surface area contributed by atoms with Gasteiger partial charge in [0, 0.05) is 70.0 Å². The van der Waals surface area contributed by atoms with Gasteiger partial charge in [-0.3, -0.25) is 19.2 Å². The second-order valence-electron chi connectivity index (χ2n) is 13.0. The van der Waals surface area contributed by atoms with Crippen LogP contribution in [0.5, 0.6) is 0 Å². The molecule has 2 bridgehead atoms. The molecule has 5 saturated heterocycles. The van der Waals surface area contributed by atoms with E-state index in [1.807, 2.05) is 4.90 Å². The van der Waals surface area contributed by atoms with Crippen molar-refractivity contribution >= 4 is 23.6 Å². The highest BCUT2D eigenvalue weighted by molar-refractivity contribution is 5.94. The highest BCUT2D eigenvalue weighted by Gasteiger charge is 2.36. The van der Waals surface area contributed by atoms with Gasteiger partial charge in [-0.05, 0) is 81.2 Å². The fourth-order valence-electron chi connectivity index (χ4n) is 7.14. The molecule has 5 aliphatic heterocycles. The molecule has 4 amide bonds. The molecule has 1 aromatic rings. The van der Waals surface area contributed by atoms with Crippen molar-refractivity contribution in [3.8, 4) is 0 Å². The first-order valence-electron chi connectivity index (χ1n) is 17.2. The third-order valence-corrected chi connectivity index (χ3v) is 9.93. The van der Waals surface area contributed by atoms with Gasteiger partial charge in [-0.25, -0.2) is 4.39 Å². The molecule has 2 atom stereocenters. The van der Waals surface area contributed by atoms with Gasteiger partial charge in [0.25, 0.3) is 5.91 Å². The summed E-state index contributed by atoms with van der Waals surface area (Å²) in [5.41, 5.74) is 0.424. The molecule has 1 aromatic carbocycles. The average Bonchev–Trinajstić information content (AvgIpc) is 3.09. The Kier molecular flexibility index (Phi) is 13.4. The lowest BCUT2D eigenvalue weighted by molar-refractivity contribution is -0.143. The van der Waals surface area contributed by atoms with Crippen LogP contribution in [0.15, 0.2) is 24.3 Å². The van der Waals surface area contributed by atoms with Crippen molar-refractivity contribution < 1.29 is 37.8 Å². The Morgan fingerprint density at radius 3 is 2.36 bits per heavy atom. The summed E-state index contributed by atoms with van der Waals surface area (Å²) >= 11 is 0. The number of carbonyl (C=O) groups excluding carboxylic acids is 4. The van der Waals surface area contributed by atoms with E-state index in [0.717, 1.165) is 39.0 Å². The van der Waals surface area contributed by atoms with E-state index in [2.05, 4.69) is 10.6 Å². The molecule has 0 radical (unpaired) electrons. The van der Waals surface area contributed by atoms with Gasteiger partial charge >= 0.3 is 0 Å². The number of hydrogen-bond acceptors (Lipinski definition) is 8. The summed E-state index contributed by atoms with van der Waals surface area (Å²) in [7, 11) is 0. The predicted octanol–water partition coefficient (Wildman–Crippen LogP) is 1.44. The number of benzene rings is 1. The summed E-state index contributed by atoms with van der Waals surface area (Å²) in [6.07, 6.45) is 4.87. The summed E-state index contributed by atoms with van der Waals surface area (Å²) in [4.78, 5) is 58.6. The molecule has 13 heteroatoms. The molecule has 5 aliphatic rings. The lowest BCUT2D eigenvalue weighted by Crippen LogP contribution is -2.53. The van der Waals surface area contributed by atoms with Gasteiger partial charge in [-0.1, -0.05) is 0 Å². The third-order valence-electron chi connectivity index (χ3n) is 9.93. The summed E-state index contributed by atoms with van der Waals surface area (Å²) in [6.45, 7) is 5.42. The molecule has 5 heterocycles. The van der Waals surface area contributed by atoms with Crippen LogP contribution in [0.2, 0.25) is 0 Å². The number of hydrogen-bond donors (Lipinski definition) is 2.